The number of nitrogens with one attached hydrogen (secondary N) is 1. The summed E-state index contributed by atoms with van der Waals surface area (Å²) in [6.07, 6.45) is 2.55. The lowest BCUT2D eigenvalue weighted by atomic mass is 9.98. The van der Waals surface area contributed by atoms with Crippen LogP contribution in [0.5, 0.6) is 0 Å². The number of likely N-dealkylation sites (tertiary alicyclic amines) is 1. The molecule has 1 unspecified atom stereocenters. The first-order valence-corrected chi connectivity index (χ1v) is 9.65. The minimum Gasteiger partial charge on any atom is -0.356 e. The molecule has 1 atom stereocenters. The Hall–Kier alpha value is -2.28. The van der Waals surface area contributed by atoms with Crippen LogP contribution in [0.15, 0.2) is 29.6 Å². The van der Waals surface area contributed by atoms with Crippen LogP contribution >= 0.6 is 11.3 Å². The van der Waals surface area contributed by atoms with Gasteiger partial charge in [-0.25, -0.2) is 9.37 Å². The molecule has 0 bridgehead atoms. The molecule has 2 aromatic rings. The molecule has 1 fully saturated rings. The Labute approximate surface area is 156 Å². The van der Waals surface area contributed by atoms with Crippen molar-refractivity contribution in [3.63, 3.8) is 0 Å². The lowest BCUT2D eigenvalue weighted by Gasteiger charge is -2.32. The second kappa shape index (κ2) is 8.40. The summed E-state index contributed by atoms with van der Waals surface area (Å²) in [6.45, 7) is 3.27. The van der Waals surface area contributed by atoms with Crippen molar-refractivity contribution in [1.82, 2.24) is 15.2 Å². The second-order valence-corrected chi connectivity index (χ2v) is 7.37. The van der Waals surface area contributed by atoms with Gasteiger partial charge in [0, 0.05) is 44.3 Å². The molecule has 26 heavy (non-hydrogen) atoms. The maximum atomic E-state index is 13.9. The van der Waals surface area contributed by atoms with Crippen molar-refractivity contribution in [3.8, 4) is 0 Å². The molecule has 138 valence electrons. The van der Waals surface area contributed by atoms with Gasteiger partial charge in [-0.1, -0.05) is 12.1 Å². The van der Waals surface area contributed by atoms with Crippen LogP contribution in [0.1, 0.15) is 46.7 Å². The molecule has 5 nitrogen and oxygen atoms in total. The summed E-state index contributed by atoms with van der Waals surface area (Å²) in [5.41, 5.74) is 1.08. The van der Waals surface area contributed by atoms with Crippen LogP contribution in [0.3, 0.4) is 0 Å². The highest BCUT2D eigenvalue weighted by molar-refractivity contribution is 7.09. The van der Waals surface area contributed by atoms with E-state index >= 15 is 0 Å². The van der Waals surface area contributed by atoms with E-state index in [1.165, 1.54) is 19.1 Å². The fourth-order valence-corrected chi connectivity index (χ4v) is 4.14. The number of aromatic nitrogens is 1. The maximum Gasteiger partial charge on any atom is 0.256 e. The van der Waals surface area contributed by atoms with Gasteiger partial charge in [0.15, 0.2) is 0 Å². The smallest absolute Gasteiger partial charge is 0.256 e. The molecule has 0 spiro atoms. The molecule has 1 aliphatic heterocycles. The monoisotopic (exact) mass is 375 g/mol. The summed E-state index contributed by atoms with van der Waals surface area (Å²) in [4.78, 5) is 30.0. The molecule has 2 amide bonds. The third kappa shape index (κ3) is 4.46. The molecule has 1 aromatic carbocycles. The number of piperidine rings is 1. The first-order chi connectivity index (χ1) is 12.5. The Balaban J connectivity index is 1.63. The van der Waals surface area contributed by atoms with Gasteiger partial charge >= 0.3 is 0 Å². The normalized spacial score (nSPS) is 17.2. The first kappa shape index (κ1) is 18.5. The van der Waals surface area contributed by atoms with Gasteiger partial charge in [-0.05, 0) is 25.0 Å². The van der Waals surface area contributed by atoms with E-state index in [-0.39, 0.29) is 23.3 Å². The number of amides is 2. The molecule has 7 heteroatoms. The van der Waals surface area contributed by atoms with Crippen LogP contribution in [0.4, 0.5) is 4.39 Å². The molecule has 3 rings (SSSR count). The average Bonchev–Trinajstić information content (AvgIpc) is 3.10. The molecular formula is C19H22FN3O2S. The third-order valence-corrected chi connectivity index (χ3v) is 5.54. The van der Waals surface area contributed by atoms with Gasteiger partial charge in [0.1, 0.15) is 5.82 Å². The van der Waals surface area contributed by atoms with Crippen molar-refractivity contribution in [1.29, 1.82) is 0 Å². The van der Waals surface area contributed by atoms with E-state index in [2.05, 4.69) is 10.3 Å². The largest absolute Gasteiger partial charge is 0.356 e. The first-order valence-electron chi connectivity index (χ1n) is 8.77. The van der Waals surface area contributed by atoms with Crippen molar-refractivity contribution < 1.29 is 14.0 Å². The predicted octanol–water partition coefficient (Wildman–Crippen LogP) is 2.98. The maximum absolute atomic E-state index is 13.9. The number of nitrogens with zero attached hydrogens (tertiary/aromatic N) is 2. The Morgan fingerprint density at radius 2 is 2.19 bits per heavy atom. The second-order valence-electron chi connectivity index (χ2n) is 6.48. The number of carbonyl (C=O) groups excluding carboxylic acids is 2. The SMILES string of the molecule is CC(=O)NCCc1csc(C2CCCN(C(=O)c3ccccc3F)C2)n1. The van der Waals surface area contributed by atoms with Crippen LogP contribution in [0.2, 0.25) is 0 Å². The van der Waals surface area contributed by atoms with Gasteiger partial charge in [0.2, 0.25) is 5.91 Å². The van der Waals surface area contributed by atoms with E-state index in [1.807, 2.05) is 5.38 Å². The zero-order valence-electron chi connectivity index (χ0n) is 14.7. The summed E-state index contributed by atoms with van der Waals surface area (Å²) >= 11 is 1.59. The van der Waals surface area contributed by atoms with E-state index in [9.17, 15) is 14.0 Å². The Morgan fingerprint density at radius 1 is 1.38 bits per heavy atom. The Bertz CT molecular complexity index is 793. The Kier molecular flexibility index (Phi) is 5.98. The van der Waals surface area contributed by atoms with Gasteiger partial charge in [-0.3, -0.25) is 9.59 Å². The van der Waals surface area contributed by atoms with Crippen LogP contribution in [-0.2, 0) is 11.2 Å². The highest BCUT2D eigenvalue weighted by atomic mass is 32.1. The van der Waals surface area contributed by atoms with Gasteiger partial charge < -0.3 is 10.2 Å². The number of thiazole rings is 1. The summed E-state index contributed by atoms with van der Waals surface area (Å²) in [5, 5.41) is 5.78. The summed E-state index contributed by atoms with van der Waals surface area (Å²) < 4.78 is 13.9. The van der Waals surface area contributed by atoms with Crippen LogP contribution in [-0.4, -0.2) is 41.3 Å². The highest BCUT2D eigenvalue weighted by Gasteiger charge is 2.28. The molecule has 0 radical (unpaired) electrons. The van der Waals surface area contributed by atoms with E-state index in [1.54, 1.807) is 28.4 Å². The number of carbonyl (C=O) groups is 2. The van der Waals surface area contributed by atoms with E-state index in [0.29, 0.717) is 26.1 Å². The number of rotatable bonds is 5. The molecule has 0 saturated carbocycles. The standard InChI is InChI=1S/C19H22FN3O2S/c1-13(24)21-9-8-15-12-26-18(22-15)14-5-4-10-23(11-14)19(25)16-6-2-3-7-17(16)20/h2-3,6-7,12,14H,4-5,8-11H2,1H3,(H,21,24). The minimum absolute atomic E-state index is 0.0463. The number of hydrogen-bond acceptors (Lipinski definition) is 4. The van der Waals surface area contributed by atoms with Crippen LogP contribution in [0.25, 0.3) is 0 Å². The van der Waals surface area contributed by atoms with Crippen LogP contribution in [0, 0.1) is 5.82 Å². The third-order valence-electron chi connectivity index (χ3n) is 4.49. The molecule has 1 N–H and O–H groups in total. The van der Waals surface area contributed by atoms with Crippen molar-refractivity contribution in [3.05, 3.63) is 51.7 Å². The molecule has 0 aliphatic carbocycles. The molecule has 1 aliphatic rings. The van der Waals surface area contributed by atoms with Gasteiger partial charge in [0.25, 0.3) is 5.91 Å². The summed E-state index contributed by atoms with van der Waals surface area (Å²) in [6, 6.07) is 6.12. The van der Waals surface area contributed by atoms with Crippen molar-refractivity contribution in [2.24, 2.45) is 0 Å². The number of halogens is 1. The summed E-state index contributed by atoms with van der Waals surface area (Å²) in [7, 11) is 0. The molecular weight excluding hydrogens is 353 g/mol. The zero-order valence-corrected chi connectivity index (χ0v) is 15.5. The van der Waals surface area contributed by atoms with Gasteiger partial charge in [-0.2, -0.15) is 0 Å². The van der Waals surface area contributed by atoms with Crippen LogP contribution < -0.4 is 5.32 Å². The van der Waals surface area contributed by atoms with E-state index in [0.717, 1.165) is 23.5 Å². The number of benzene rings is 1. The predicted molar refractivity (Wildman–Crippen MR) is 98.8 cm³/mol. The van der Waals surface area contributed by atoms with Crippen molar-refractivity contribution >= 4 is 23.2 Å². The zero-order chi connectivity index (χ0) is 18.5. The number of hydrogen-bond donors (Lipinski definition) is 1. The van der Waals surface area contributed by atoms with Gasteiger partial charge in [0.05, 0.1) is 16.3 Å². The lowest BCUT2D eigenvalue weighted by molar-refractivity contribution is -0.118. The van der Waals surface area contributed by atoms with E-state index in [4.69, 9.17) is 0 Å². The van der Waals surface area contributed by atoms with E-state index < -0.39 is 5.82 Å². The fourth-order valence-electron chi connectivity index (χ4n) is 3.16. The molecule has 1 saturated heterocycles. The minimum atomic E-state index is -0.478. The summed E-state index contributed by atoms with van der Waals surface area (Å²) in [5.74, 6) is -0.599. The topological polar surface area (TPSA) is 62.3 Å². The highest BCUT2D eigenvalue weighted by Crippen LogP contribution is 2.30. The lowest BCUT2D eigenvalue weighted by Crippen LogP contribution is -2.39. The van der Waals surface area contributed by atoms with Crippen molar-refractivity contribution in [2.45, 2.75) is 32.1 Å². The quantitative estimate of drug-likeness (QED) is 0.874. The van der Waals surface area contributed by atoms with Gasteiger partial charge in [-0.15, -0.1) is 11.3 Å². The Morgan fingerprint density at radius 3 is 2.96 bits per heavy atom. The average molecular weight is 375 g/mol. The molecule has 1 aromatic heterocycles. The molecule has 2 heterocycles. The van der Waals surface area contributed by atoms with Crippen molar-refractivity contribution in [2.75, 3.05) is 19.6 Å². The fraction of sp³-hybridized carbons (Fsp3) is 0.421.